The van der Waals surface area contributed by atoms with Gasteiger partial charge in [0.2, 0.25) is 0 Å². The van der Waals surface area contributed by atoms with Crippen LogP contribution in [0.3, 0.4) is 0 Å². The summed E-state index contributed by atoms with van der Waals surface area (Å²) in [7, 11) is -2.79. The Kier molecular flexibility index (Phi) is 2.82. The predicted molar refractivity (Wildman–Crippen MR) is 58.3 cm³/mol. The van der Waals surface area contributed by atoms with E-state index in [0.717, 1.165) is 24.9 Å². The number of aryl methyl sites for hydroxylation is 1. The molecule has 5 heteroatoms. The summed E-state index contributed by atoms with van der Waals surface area (Å²) in [6, 6.07) is 0. The highest BCUT2D eigenvalue weighted by Crippen LogP contribution is 2.19. The standard InChI is InChI=1S/C10H16N2O2S/c1-9-5-11-12(6-9)7-10-3-2-4-15(13,14)8-10/h5-6,10H,2-4,7-8H2,1H3. The van der Waals surface area contributed by atoms with E-state index in [0.29, 0.717) is 11.5 Å². The molecule has 1 unspecified atom stereocenters. The van der Waals surface area contributed by atoms with Crippen LogP contribution in [0.25, 0.3) is 0 Å². The van der Waals surface area contributed by atoms with E-state index >= 15 is 0 Å². The zero-order valence-electron chi connectivity index (χ0n) is 8.89. The third-order valence-electron chi connectivity index (χ3n) is 2.76. The van der Waals surface area contributed by atoms with Crippen molar-refractivity contribution in [3.05, 3.63) is 18.0 Å². The molecule has 0 radical (unpaired) electrons. The second kappa shape index (κ2) is 3.96. The summed E-state index contributed by atoms with van der Waals surface area (Å²) in [5, 5.41) is 4.18. The third-order valence-corrected chi connectivity index (χ3v) is 4.65. The van der Waals surface area contributed by atoms with Crippen LogP contribution in [0.2, 0.25) is 0 Å². The van der Waals surface area contributed by atoms with Gasteiger partial charge >= 0.3 is 0 Å². The molecular weight excluding hydrogens is 212 g/mol. The first-order valence-corrected chi connectivity index (χ1v) is 7.07. The average molecular weight is 228 g/mol. The largest absolute Gasteiger partial charge is 0.272 e. The molecule has 0 aliphatic carbocycles. The summed E-state index contributed by atoms with van der Waals surface area (Å²) in [6.07, 6.45) is 5.56. The fourth-order valence-electron chi connectivity index (χ4n) is 2.09. The van der Waals surface area contributed by atoms with E-state index in [1.165, 1.54) is 0 Å². The van der Waals surface area contributed by atoms with Crippen molar-refractivity contribution in [3.8, 4) is 0 Å². The van der Waals surface area contributed by atoms with Crippen LogP contribution >= 0.6 is 0 Å². The molecule has 0 bridgehead atoms. The molecule has 1 fully saturated rings. The van der Waals surface area contributed by atoms with Crippen molar-refractivity contribution in [1.82, 2.24) is 9.78 Å². The molecule has 1 aliphatic heterocycles. The van der Waals surface area contributed by atoms with Crippen molar-refractivity contribution in [2.75, 3.05) is 11.5 Å². The molecule has 0 spiro atoms. The normalized spacial score (nSPS) is 25.3. The van der Waals surface area contributed by atoms with E-state index < -0.39 is 9.84 Å². The minimum Gasteiger partial charge on any atom is -0.272 e. The van der Waals surface area contributed by atoms with Crippen LogP contribution in [0.15, 0.2) is 12.4 Å². The lowest BCUT2D eigenvalue weighted by molar-refractivity contribution is 0.406. The van der Waals surface area contributed by atoms with Gasteiger partial charge in [-0.2, -0.15) is 5.10 Å². The molecular formula is C10H16N2O2S. The van der Waals surface area contributed by atoms with Gasteiger partial charge in [0.05, 0.1) is 17.7 Å². The van der Waals surface area contributed by atoms with Gasteiger partial charge in [0.25, 0.3) is 0 Å². The lowest BCUT2D eigenvalue weighted by Gasteiger charge is -2.21. The Balaban J connectivity index is 2.01. The van der Waals surface area contributed by atoms with Crippen LogP contribution in [0.5, 0.6) is 0 Å². The van der Waals surface area contributed by atoms with Crippen LogP contribution in [0.1, 0.15) is 18.4 Å². The topological polar surface area (TPSA) is 52.0 Å². The van der Waals surface area contributed by atoms with Crippen LogP contribution in [-0.2, 0) is 16.4 Å². The fourth-order valence-corrected chi connectivity index (χ4v) is 3.86. The summed E-state index contributed by atoms with van der Waals surface area (Å²) in [5.41, 5.74) is 1.12. The first-order chi connectivity index (χ1) is 7.05. The van der Waals surface area contributed by atoms with Crippen molar-refractivity contribution < 1.29 is 8.42 Å². The Morgan fingerprint density at radius 1 is 1.60 bits per heavy atom. The molecule has 0 saturated carbocycles. The van der Waals surface area contributed by atoms with E-state index in [2.05, 4.69) is 5.10 Å². The lowest BCUT2D eigenvalue weighted by Crippen LogP contribution is -2.28. The first-order valence-electron chi connectivity index (χ1n) is 5.25. The summed E-state index contributed by atoms with van der Waals surface area (Å²) in [6.45, 7) is 2.72. The van der Waals surface area contributed by atoms with Gasteiger partial charge in [-0.1, -0.05) is 0 Å². The van der Waals surface area contributed by atoms with Crippen molar-refractivity contribution in [1.29, 1.82) is 0 Å². The van der Waals surface area contributed by atoms with Crippen LogP contribution in [0, 0.1) is 12.8 Å². The quantitative estimate of drug-likeness (QED) is 0.759. The molecule has 15 heavy (non-hydrogen) atoms. The maximum absolute atomic E-state index is 11.4. The number of rotatable bonds is 2. The molecule has 84 valence electrons. The van der Waals surface area contributed by atoms with E-state index in [4.69, 9.17) is 0 Å². The van der Waals surface area contributed by atoms with Gasteiger partial charge in [0.1, 0.15) is 0 Å². The van der Waals surface area contributed by atoms with Crippen LogP contribution in [0.4, 0.5) is 0 Å². The minimum absolute atomic E-state index is 0.239. The molecule has 2 rings (SSSR count). The molecule has 2 heterocycles. The molecule has 1 atom stereocenters. The summed E-state index contributed by atoms with van der Waals surface area (Å²) < 4.78 is 24.7. The Hall–Kier alpha value is -0.840. The van der Waals surface area contributed by atoms with Crippen molar-refractivity contribution in [3.63, 3.8) is 0 Å². The van der Waals surface area contributed by atoms with Crippen molar-refractivity contribution in [2.45, 2.75) is 26.3 Å². The maximum Gasteiger partial charge on any atom is 0.150 e. The summed E-state index contributed by atoms with van der Waals surface area (Å²) >= 11 is 0. The van der Waals surface area contributed by atoms with Crippen LogP contribution in [-0.4, -0.2) is 29.7 Å². The zero-order chi connectivity index (χ0) is 10.9. The van der Waals surface area contributed by atoms with Crippen LogP contribution < -0.4 is 0 Å². The van der Waals surface area contributed by atoms with Crippen molar-refractivity contribution >= 4 is 9.84 Å². The van der Waals surface area contributed by atoms with E-state index in [1.807, 2.05) is 17.8 Å². The number of nitrogens with zero attached hydrogens (tertiary/aromatic N) is 2. The molecule has 4 nitrogen and oxygen atoms in total. The second-order valence-corrected chi connectivity index (χ2v) is 6.59. The third kappa shape index (κ3) is 2.81. The molecule has 1 saturated heterocycles. The Labute approximate surface area is 90.2 Å². The SMILES string of the molecule is Cc1cnn(CC2CCCS(=O)(=O)C2)c1. The molecule has 1 aromatic heterocycles. The predicted octanol–water partition coefficient (Wildman–Crippen LogP) is 1.02. The van der Waals surface area contributed by atoms with Gasteiger partial charge < -0.3 is 0 Å². The molecule has 0 N–H and O–H groups in total. The summed E-state index contributed by atoms with van der Waals surface area (Å²) in [5.74, 6) is 0.927. The summed E-state index contributed by atoms with van der Waals surface area (Å²) in [4.78, 5) is 0. The Morgan fingerprint density at radius 3 is 3.00 bits per heavy atom. The molecule has 0 aromatic carbocycles. The molecule has 0 amide bonds. The van der Waals surface area contributed by atoms with Gasteiger partial charge in [-0.25, -0.2) is 8.42 Å². The number of aromatic nitrogens is 2. The minimum atomic E-state index is -2.79. The highest BCUT2D eigenvalue weighted by molar-refractivity contribution is 7.91. The van der Waals surface area contributed by atoms with Gasteiger partial charge in [-0.05, 0) is 31.2 Å². The highest BCUT2D eigenvalue weighted by atomic mass is 32.2. The lowest BCUT2D eigenvalue weighted by atomic mass is 10.1. The maximum atomic E-state index is 11.4. The monoisotopic (exact) mass is 228 g/mol. The molecule has 1 aromatic rings. The Morgan fingerprint density at radius 2 is 2.40 bits per heavy atom. The van der Waals surface area contributed by atoms with Gasteiger partial charge in [0.15, 0.2) is 9.84 Å². The number of hydrogen-bond donors (Lipinski definition) is 0. The first kappa shape index (κ1) is 10.7. The van der Waals surface area contributed by atoms with E-state index in [1.54, 1.807) is 6.20 Å². The fraction of sp³-hybridized carbons (Fsp3) is 0.700. The zero-order valence-corrected chi connectivity index (χ0v) is 9.70. The number of hydrogen-bond acceptors (Lipinski definition) is 3. The average Bonchev–Trinajstić information content (AvgIpc) is 2.49. The van der Waals surface area contributed by atoms with E-state index in [9.17, 15) is 8.42 Å². The van der Waals surface area contributed by atoms with E-state index in [-0.39, 0.29) is 5.92 Å². The van der Waals surface area contributed by atoms with Gasteiger partial charge in [-0.15, -0.1) is 0 Å². The molecule has 1 aliphatic rings. The highest BCUT2D eigenvalue weighted by Gasteiger charge is 2.24. The van der Waals surface area contributed by atoms with Gasteiger partial charge in [-0.3, -0.25) is 4.68 Å². The smallest absolute Gasteiger partial charge is 0.150 e. The second-order valence-electron chi connectivity index (χ2n) is 4.36. The van der Waals surface area contributed by atoms with Gasteiger partial charge in [0, 0.05) is 12.7 Å². The van der Waals surface area contributed by atoms with Crippen molar-refractivity contribution in [2.24, 2.45) is 5.92 Å². The Bertz CT molecular complexity index is 436. The number of sulfone groups is 1.